The van der Waals surface area contributed by atoms with Gasteiger partial charge in [0, 0.05) is 19.6 Å². The second-order valence-corrected chi connectivity index (χ2v) is 5.92. The van der Waals surface area contributed by atoms with Crippen LogP contribution >= 0.6 is 0 Å². The summed E-state index contributed by atoms with van der Waals surface area (Å²) in [5.41, 5.74) is 1.10. The van der Waals surface area contributed by atoms with Gasteiger partial charge in [0.1, 0.15) is 12.2 Å². The van der Waals surface area contributed by atoms with E-state index in [2.05, 4.69) is 5.32 Å². The maximum atomic E-state index is 12.1. The summed E-state index contributed by atoms with van der Waals surface area (Å²) >= 11 is 0. The van der Waals surface area contributed by atoms with Crippen LogP contribution in [0.5, 0.6) is 5.75 Å². The molecule has 1 aromatic carbocycles. The zero-order valence-corrected chi connectivity index (χ0v) is 13.8. The van der Waals surface area contributed by atoms with Crippen molar-refractivity contribution < 1.29 is 14.3 Å². The number of hydrogen-bond donors (Lipinski definition) is 1. The predicted molar refractivity (Wildman–Crippen MR) is 89.4 cm³/mol. The van der Waals surface area contributed by atoms with Crippen LogP contribution in [-0.2, 0) is 16.0 Å². The lowest BCUT2D eigenvalue weighted by Crippen LogP contribution is -2.36. The standard InChI is InChI=1S/C18H26N2O3/c1-23-16-8-6-7-15(13-16)9-10-19-17(21)14-18(22)20-11-4-2-3-5-12-20/h6-8,13H,2-5,9-12,14H2,1H3,(H,19,21). The van der Waals surface area contributed by atoms with Crippen molar-refractivity contribution in [3.63, 3.8) is 0 Å². The van der Waals surface area contributed by atoms with Crippen LogP contribution in [0, 0.1) is 0 Å². The van der Waals surface area contributed by atoms with Gasteiger partial charge in [0.05, 0.1) is 7.11 Å². The third-order valence-electron chi connectivity index (χ3n) is 4.14. The van der Waals surface area contributed by atoms with Crippen LogP contribution in [0.2, 0.25) is 0 Å². The van der Waals surface area contributed by atoms with Gasteiger partial charge in [-0.1, -0.05) is 25.0 Å². The fourth-order valence-electron chi connectivity index (χ4n) is 2.81. The normalized spacial score (nSPS) is 14.9. The van der Waals surface area contributed by atoms with Crippen molar-refractivity contribution in [1.29, 1.82) is 0 Å². The minimum Gasteiger partial charge on any atom is -0.497 e. The van der Waals surface area contributed by atoms with Gasteiger partial charge >= 0.3 is 0 Å². The Bertz CT molecular complexity index is 523. The molecular formula is C18H26N2O3. The number of ether oxygens (including phenoxy) is 1. The molecule has 126 valence electrons. The Kier molecular flexibility index (Phi) is 6.91. The topological polar surface area (TPSA) is 58.6 Å². The van der Waals surface area contributed by atoms with Gasteiger partial charge in [0.15, 0.2) is 0 Å². The molecule has 0 aromatic heterocycles. The van der Waals surface area contributed by atoms with Gasteiger partial charge in [-0.2, -0.15) is 0 Å². The van der Waals surface area contributed by atoms with E-state index in [0.29, 0.717) is 6.54 Å². The molecule has 0 atom stereocenters. The molecule has 0 aliphatic carbocycles. The molecule has 2 amide bonds. The van der Waals surface area contributed by atoms with Crippen molar-refractivity contribution in [3.8, 4) is 5.75 Å². The van der Waals surface area contributed by atoms with Crippen LogP contribution < -0.4 is 10.1 Å². The molecule has 1 aliphatic heterocycles. The number of nitrogens with one attached hydrogen (secondary N) is 1. The molecule has 0 radical (unpaired) electrons. The first-order chi connectivity index (χ1) is 11.2. The molecule has 1 aromatic rings. The van der Waals surface area contributed by atoms with E-state index in [1.807, 2.05) is 29.2 Å². The Morgan fingerprint density at radius 1 is 1.17 bits per heavy atom. The lowest BCUT2D eigenvalue weighted by atomic mass is 10.1. The Morgan fingerprint density at radius 3 is 2.61 bits per heavy atom. The smallest absolute Gasteiger partial charge is 0.232 e. The first kappa shape index (κ1) is 17.3. The molecule has 0 unspecified atom stereocenters. The van der Waals surface area contributed by atoms with Crippen LogP contribution in [0.15, 0.2) is 24.3 Å². The van der Waals surface area contributed by atoms with Crippen molar-refractivity contribution in [3.05, 3.63) is 29.8 Å². The fourth-order valence-corrected chi connectivity index (χ4v) is 2.81. The summed E-state index contributed by atoms with van der Waals surface area (Å²) < 4.78 is 5.17. The molecule has 2 rings (SSSR count). The minimum atomic E-state index is -0.192. The fraction of sp³-hybridized carbons (Fsp3) is 0.556. The van der Waals surface area contributed by atoms with Crippen molar-refractivity contribution in [1.82, 2.24) is 10.2 Å². The molecule has 1 aliphatic rings. The van der Waals surface area contributed by atoms with Gasteiger partial charge in [-0.05, 0) is 37.0 Å². The lowest BCUT2D eigenvalue weighted by molar-refractivity contribution is -0.136. The zero-order chi connectivity index (χ0) is 16.5. The monoisotopic (exact) mass is 318 g/mol. The summed E-state index contributed by atoms with van der Waals surface area (Å²) in [4.78, 5) is 25.9. The highest BCUT2D eigenvalue weighted by Gasteiger charge is 2.18. The Labute approximate surface area is 138 Å². The van der Waals surface area contributed by atoms with E-state index in [-0.39, 0.29) is 18.2 Å². The largest absolute Gasteiger partial charge is 0.497 e. The second kappa shape index (κ2) is 9.18. The van der Waals surface area contributed by atoms with E-state index < -0.39 is 0 Å². The minimum absolute atomic E-state index is 0.0435. The van der Waals surface area contributed by atoms with Gasteiger partial charge in [-0.15, -0.1) is 0 Å². The summed E-state index contributed by atoms with van der Waals surface area (Å²) in [5.74, 6) is 0.568. The third kappa shape index (κ3) is 5.93. The number of carbonyl (C=O) groups is 2. The number of methoxy groups -OCH3 is 1. The summed E-state index contributed by atoms with van der Waals surface area (Å²) in [6, 6.07) is 7.77. The summed E-state index contributed by atoms with van der Waals surface area (Å²) in [7, 11) is 1.63. The molecule has 1 N–H and O–H groups in total. The first-order valence-corrected chi connectivity index (χ1v) is 8.36. The summed E-state index contributed by atoms with van der Waals surface area (Å²) in [6.45, 7) is 2.10. The Hall–Kier alpha value is -2.04. The number of amides is 2. The van der Waals surface area contributed by atoms with Crippen LogP contribution in [-0.4, -0.2) is 43.5 Å². The van der Waals surface area contributed by atoms with Gasteiger partial charge in [0.2, 0.25) is 11.8 Å². The van der Waals surface area contributed by atoms with Crippen molar-refractivity contribution in [2.24, 2.45) is 0 Å². The first-order valence-electron chi connectivity index (χ1n) is 8.36. The van der Waals surface area contributed by atoms with Gasteiger partial charge in [-0.25, -0.2) is 0 Å². The third-order valence-corrected chi connectivity index (χ3v) is 4.14. The molecule has 0 spiro atoms. The van der Waals surface area contributed by atoms with Crippen molar-refractivity contribution in [2.75, 3.05) is 26.7 Å². The van der Waals surface area contributed by atoms with Gasteiger partial charge in [-0.3, -0.25) is 9.59 Å². The lowest BCUT2D eigenvalue weighted by Gasteiger charge is -2.19. The maximum absolute atomic E-state index is 12.1. The zero-order valence-electron chi connectivity index (χ0n) is 13.8. The number of likely N-dealkylation sites (tertiary alicyclic amines) is 1. The van der Waals surface area contributed by atoms with E-state index in [9.17, 15) is 9.59 Å². The number of carbonyl (C=O) groups excluding carboxylic acids is 2. The highest BCUT2D eigenvalue weighted by Crippen LogP contribution is 2.13. The van der Waals surface area contributed by atoms with E-state index in [0.717, 1.165) is 43.7 Å². The van der Waals surface area contributed by atoms with Gasteiger partial charge in [0.25, 0.3) is 0 Å². The number of nitrogens with zero attached hydrogens (tertiary/aromatic N) is 1. The average molecular weight is 318 g/mol. The summed E-state index contributed by atoms with van der Waals surface area (Å²) in [5, 5.41) is 2.83. The SMILES string of the molecule is COc1cccc(CCNC(=O)CC(=O)N2CCCCCC2)c1. The van der Waals surface area contributed by atoms with Crippen LogP contribution in [0.25, 0.3) is 0 Å². The average Bonchev–Trinajstić information content (AvgIpc) is 2.84. The van der Waals surface area contributed by atoms with E-state index in [4.69, 9.17) is 4.74 Å². The maximum Gasteiger partial charge on any atom is 0.232 e. The predicted octanol–water partition coefficient (Wildman–Crippen LogP) is 2.15. The molecule has 0 bridgehead atoms. The quantitative estimate of drug-likeness (QED) is 0.818. The number of rotatable bonds is 6. The van der Waals surface area contributed by atoms with Crippen LogP contribution in [0.3, 0.4) is 0 Å². The Morgan fingerprint density at radius 2 is 1.91 bits per heavy atom. The molecule has 1 heterocycles. The highest BCUT2D eigenvalue weighted by molar-refractivity contribution is 5.96. The molecule has 5 nitrogen and oxygen atoms in total. The number of hydrogen-bond acceptors (Lipinski definition) is 3. The Balaban J connectivity index is 1.70. The highest BCUT2D eigenvalue weighted by atomic mass is 16.5. The second-order valence-electron chi connectivity index (χ2n) is 5.92. The van der Waals surface area contributed by atoms with E-state index >= 15 is 0 Å². The van der Waals surface area contributed by atoms with Crippen molar-refractivity contribution in [2.45, 2.75) is 38.5 Å². The molecule has 0 saturated carbocycles. The molecule has 1 fully saturated rings. The van der Waals surface area contributed by atoms with Crippen molar-refractivity contribution >= 4 is 11.8 Å². The number of benzene rings is 1. The molecule has 5 heteroatoms. The molecule has 1 saturated heterocycles. The molecule has 23 heavy (non-hydrogen) atoms. The van der Waals surface area contributed by atoms with E-state index in [1.165, 1.54) is 12.8 Å². The summed E-state index contributed by atoms with van der Waals surface area (Å²) in [6.07, 6.45) is 5.12. The molecular weight excluding hydrogens is 292 g/mol. The van der Waals surface area contributed by atoms with Crippen LogP contribution in [0.1, 0.15) is 37.7 Å². The van der Waals surface area contributed by atoms with Gasteiger partial charge < -0.3 is 15.0 Å². The van der Waals surface area contributed by atoms with E-state index in [1.54, 1.807) is 7.11 Å². The van der Waals surface area contributed by atoms with Crippen LogP contribution in [0.4, 0.5) is 0 Å².